The molecule has 0 bridgehead atoms. The Bertz CT molecular complexity index is 233. The van der Waals surface area contributed by atoms with Gasteiger partial charge in [-0.3, -0.25) is 0 Å². The van der Waals surface area contributed by atoms with Crippen molar-refractivity contribution in [3.05, 3.63) is 35.6 Å². The van der Waals surface area contributed by atoms with Crippen LogP contribution in [0.3, 0.4) is 0 Å². The van der Waals surface area contributed by atoms with Crippen LogP contribution in [0.25, 0.3) is 0 Å². The number of aliphatic hydroxyl groups excluding tert-OH is 1. The van der Waals surface area contributed by atoms with Crippen LogP contribution < -0.4 is 0 Å². The van der Waals surface area contributed by atoms with Crippen LogP contribution in [-0.4, -0.2) is 5.11 Å². The molecule has 0 saturated carbocycles. The molecule has 12 heavy (non-hydrogen) atoms. The quantitative estimate of drug-likeness (QED) is 0.630. The highest BCUT2D eigenvalue weighted by atomic mass is 16.3. The number of rotatable bonds is 1. The smallest absolute Gasteiger partial charge is 0.0926 e. The summed E-state index contributed by atoms with van der Waals surface area (Å²) in [5.74, 6) is 0.888. The van der Waals surface area contributed by atoms with E-state index >= 15 is 0 Å². The first-order chi connectivity index (χ1) is 5.72. The monoisotopic (exact) mass is 164 g/mol. The third kappa shape index (κ3) is 2.57. The molecule has 0 aromatic heterocycles. The number of aliphatic hydroxyl groups is 1. The second-order valence-electron chi connectivity index (χ2n) is 3.24. The summed E-state index contributed by atoms with van der Waals surface area (Å²) in [6.45, 7) is 4.18. The molecule has 0 spiro atoms. The molecule has 1 nitrogen and oxygen atoms in total. The van der Waals surface area contributed by atoms with Gasteiger partial charge in [-0.25, -0.2) is 0 Å². The van der Waals surface area contributed by atoms with Crippen molar-refractivity contribution in [2.45, 2.75) is 26.7 Å². The Morgan fingerprint density at radius 2 is 2.33 bits per heavy atom. The van der Waals surface area contributed by atoms with E-state index in [1.807, 2.05) is 12.2 Å². The van der Waals surface area contributed by atoms with E-state index in [9.17, 15) is 5.11 Å². The largest absolute Gasteiger partial charge is 0.512 e. The Kier molecular flexibility index (Phi) is 3.15. The first kappa shape index (κ1) is 9.11. The molecule has 1 heteroatoms. The lowest BCUT2D eigenvalue weighted by Gasteiger charge is -2.08. The molecular formula is C11H16O. The zero-order valence-electron chi connectivity index (χ0n) is 7.75. The summed E-state index contributed by atoms with van der Waals surface area (Å²) in [4.78, 5) is 0. The van der Waals surface area contributed by atoms with E-state index < -0.39 is 0 Å². The zero-order valence-corrected chi connectivity index (χ0v) is 7.75. The molecule has 0 saturated heterocycles. The molecule has 1 aliphatic rings. The van der Waals surface area contributed by atoms with Crippen LogP contribution >= 0.6 is 0 Å². The fourth-order valence-electron chi connectivity index (χ4n) is 1.23. The van der Waals surface area contributed by atoms with Gasteiger partial charge in [-0.1, -0.05) is 30.7 Å². The molecule has 1 rings (SSSR count). The van der Waals surface area contributed by atoms with Crippen LogP contribution in [0.2, 0.25) is 0 Å². The molecular weight excluding hydrogens is 148 g/mol. The van der Waals surface area contributed by atoms with E-state index in [1.54, 1.807) is 0 Å². The van der Waals surface area contributed by atoms with Gasteiger partial charge in [0.1, 0.15) is 0 Å². The average molecular weight is 164 g/mol. The molecule has 1 unspecified atom stereocenters. The highest BCUT2D eigenvalue weighted by molar-refractivity contribution is 5.22. The van der Waals surface area contributed by atoms with Gasteiger partial charge in [-0.05, 0) is 25.3 Å². The Labute approximate surface area is 74.1 Å². The average Bonchev–Trinajstić information content (AvgIpc) is 2.06. The van der Waals surface area contributed by atoms with Crippen molar-refractivity contribution in [1.29, 1.82) is 0 Å². The molecule has 1 aliphatic carbocycles. The SMILES string of the molecule is CCC1C=C/C(C)=C\C/C(O)=C\1. The molecule has 1 N–H and O–H groups in total. The van der Waals surface area contributed by atoms with Gasteiger partial charge < -0.3 is 5.11 Å². The van der Waals surface area contributed by atoms with E-state index in [2.05, 4.69) is 26.0 Å². The van der Waals surface area contributed by atoms with Crippen LogP contribution in [0.4, 0.5) is 0 Å². The van der Waals surface area contributed by atoms with E-state index in [0.29, 0.717) is 18.1 Å². The van der Waals surface area contributed by atoms with Gasteiger partial charge in [-0.2, -0.15) is 0 Å². The van der Waals surface area contributed by atoms with Crippen LogP contribution in [0.5, 0.6) is 0 Å². The van der Waals surface area contributed by atoms with E-state index in [-0.39, 0.29) is 0 Å². The minimum absolute atomic E-state index is 0.397. The topological polar surface area (TPSA) is 20.2 Å². The van der Waals surface area contributed by atoms with Gasteiger partial charge in [0.05, 0.1) is 5.76 Å². The standard InChI is InChI=1S/C11H16O/c1-3-10-6-4-9(2)5-7-11(12)8-10/h4-6,8,10,12H,3,7H2,1-2H3/b6-4?,9-5-,11-8+. The van der Waals surface area contributed by atoms with Gasteiger partial charge >= 0.3 is 0 Å². The first-order valence-electron chi connectivity index (χ1n) is 4.47. The lowest BCUT2D eigenvalue weighted by atomic mass is 10.0. The fourth-order valence-corrected chi connectivity index (χ4v) is 1.23. The van der Waals surface area contributed by atoms with Crippen molar-refractivity contribution in [2.24, 2.45) is 5.92 Å². The molecule has 0 aliphatic heterocycles. The van der Waals surface area contributed by atoms with Crippen LogP contribution in [-0.2, 0) is 0 Å². The van der Waals surface area contributed by atoms with Gasteiger partial charge in [0.25, 0.3) is 0 Å². The summed E-state index contributed by atoms with van der Waals surface area (Å²) >= 11 is 0. The van der Waals surface area contributed by atoms with Gasteiger partial charge in [0, 0.05) is 6.42 Å². The van der Waals surface area contributed by atoms with Gasteiger partial charge in [0.15, 0.2) is 0 Å². The summed E-state index contributed by atoms with van der Waals surface area (Å²) in [5, 5.41) is 9.42. The van der Waals surface area contributed by atoms with Crippen molar-refractivity contribution in [2.75, 3.05) is 0 Å². The Morgan fingerprint density at radius 3 is 3.00 bits per heavy atom. The van der Waals surface area contributed by atoms with Crippen LogP contribution in [0.1, 0.15) is 26.7 Å². The molecule has 1 atom stereocenters. The minimum atomic E-state index is 0.397. The third-order valence-electron chi connectivity index (χ3n) is 2.12. The van der Waals surface area contributed by atoms with Crippen molar-refractivity contribution in [1.82, 2.24) is 0 Å². The second-order valence-corrected chi connectivity index (χ2v) is 3.24. The Hall–Kier alpha value is -0.980. The van der Waals surface area contributed by atoms with E-state index in [1.165, 1.54) is 5.57 Å². The molecule has 0 heterocycles. The molecule has 0 fully saturated rings. The predicted molar refractivity (Wildman–Crippen MR) is 52.0 cm³/mol. The fraction of sp³-hybridized carbons (Fsp3) is 0.455. The molecule has 0 aromatic rings. The first-order valence-corrected chi connectivity index (χ1v) is 4.47. The maximum Gasteiger partial charge on any atom is 0.0926 e. The maximum atomic E-state index is 9.42. The van der Waals surface area contributed by atoms with E-state index in [4.69, 9.17) is 0 Å². The predicted octanol–water partition coefficient (Wildman–Crippen LogP) is 3.36. The van der Waals surface area contributed by atoms with Crippen molar-refractivity contribution in [3.8, 4) is 0 Å². The highest BCUT2D eigenvalue weighted by Gasteiger charge is 2.02. The lowest BCUT2D eigenvalue weighted by Crippen LogP contribution is -1.94. The second kappa shape index (κ2) is 4.15. The molecule has 0 radical (unpaired) electrons. The Morgan fingerprint density at radius 1 is 1.58 bits per heavy atom. The van der Waals surface area contributed by atoms with E-state index in [0.717, 1.165) is 6.42 Å². The van der Waals surface area contributed by atoms with Gasteiger partial charge in [0.2, 0.25) is 0 Å². The normalized spacial score (nSPS) is 32.7. The maximum absolute atomic E-state index is 9.42. The lowest BCUT2D eigenvalue weighted by molar-refractivity contribution is 0.394. The van der Waals surface area contributed by atoms with Crippen molar-refractivity contribution >= 4 is 0 Å². The summed E-state index contributed by atoms with van der Waals surface area (Å²) in [6, 6.07) is 0. The third-order valence-corrected chi connectivity index (χ3v) is 2.12. The van der Waals surface area contributed by atoms with Crippen LogP contribution in [0.15, 0.2) is 35.6 Å². The summed E-state index contributed by atoms with van der Waals surface area (Å²) in [5.41, 5.74) is 1.23. The van der Waals surface area contributed by atoms with Crippen molar-refractivity contribution < 1.29 is 5.11 Å². The highest BCUT2D eigenvalue weighted by Crippen LogP contribution is 2.16. The van der Waals surface area contributed by atoms with Gasteiger partial charge in [-0.15, -0.1) is 0 Å². The Balaban J connectivity index is 2.81. The summed E-state index contributed by atoms with van der Waals surface area (Å²) in [7, 11) is 0. The number of allylic oxidation sites excluding steroid dienone is 5. The number of hydrogen-bond donors (Lipinski definition) is 1. The summed E-state index contributed by atoms with van der Waals surface area (Å²) < 4.78 is 0. The minimum Gasteiger partial charge on any atom is -0.512 e. The molecule has 0 amide bonds. The molecule has 0 aromatic carbocycles. The number of hydrogen-bond acceptors (Lipinski definition) is 1. The van der Waals surface area contributed by atoms with Crippen LogP contribution in [0, 0.1) is 5.92 Å². The molecule has 66 valence electrons. The summed E-state index contributed by atoms with van der Waals surface area (Å²) in [6.07, 6.45) is 9.95. The van der Waals surface area contributed by atoms with Crippen molar-refractivity contribution in [3.63, 3.8) is 0 Å². The zero-order chi connectivity index (χ0) is 8.97.